The van der Waals surface area contributed by atoms with Crippen LogP contribution in [0.5, 0.6) is 0 Å². The third-order valence-corrected chi connectivity index (χ3v) is 3.56. The number of halogens is 1. The first kappa shape index (κ1) is 17.4. The van der Waals surface area contributed by atoms with Gasteiger partial charge < -0.3 is 9.47 Å². The van der Waals surface area contributed by atoms with Crippen LogP contribution in [0.15, 0.2) is 0 Å². The summed E-state index contributed by atoms with van der Waals surface area (Å²) >= 11 is 6.32. The molecule has 0 aromatic carbocycles. The van der Waals surface area contributed by atoms with Crippen LogP contribution >= 0.6 is 11.6 Å². The van der Waals surface area contributed by atoms with Gasteiger partial charge in [-0.05, 0) is 27.7 Å². The maximum absolute atomic E-state index is 6.32. The van der Waals surface area contributed by atoms with Gasteiger partial charge in [0.1, 0.15) is 0 Å². The minimum absolute atomic E-state index is 0.186. The lowest BCUT2D eigenvalue weighted by Crippen LogP contribution is -2.48. The molecule has 1 aromatic rings. The van der Waals surface area contributed by atoms with E-state index in [9.17, 15) is 0 Å². The van der Waals surface area contributed by atoms with E-state index in [1.54, 1.807) is 0 Å². The van der Waals surface area contributed by atoms with Gasteiger partial charge in [-0.2, -0.15) is 5.10 Å². The number of hydrazine groups is 1. The highest BCUT2D eigenvalue weighted by Crippen LogP contribution is 2.22. The summed E-state index contributed by atoms with van der Waals surface area (Å²) < 4.78 is 13.1. The maximum atomic E-state index is 6.32. The second kappa shape index (κ2) is 8.59. The molecule has 0 saturated heterocycles. The number of nitrogens with zero attached hydrogens (tertiary/aromatic N) is 2. The van der Waals surface area contributed by atoms with E-state index in [1.165, 1.54) is 0 Å². The standard InChI is InChI=1S/C13H25ClN4O2/c1-5-18-11(12(14)9(4)17-18)8-10(16-15)13(19-6-2)20-7-3/h10,13,16H,5-8,15H2,1-4H3. The number of aromatic nitrogens is 2. The third-order valence-electron chi connectivity index (χ3n) is 3.07. The fourth-order valence-corrected chi connectivity index (χ4v) is 2.33. The average molecular weight is 305 g/mol. The third kappa shape index (κ3) is 4.17. The smallest absolute Gasteiger partial charge is 0.174 e. The minimum Gasteiger partial charge on any atom is -0.351 e. The molecule has 0 aliphatic heterocycles. The maximum Gasteiger partial charge on any atom is 0.174 e. The van der Waals surface area contributed by atoms with Crippen molar-refractivity contribution >= 4 is 11.6 Å². The van der Waals surface area contributed by atoms with Crippen LogP contribution in [-0.4, -0.2) is 35.3 Å². The molecule has 0 amide bonds. The topological polar surface area (TPSA) is 74.3 Å². The van der Waals surface area contributed by atoms with E-state index >= 15 is 0 Å². The molecule has 3 N–H and O–H groups in total. The van der Waals surface area contributed by atoms with E-state index in [0.717, 1.165) is 17.9 Å². The predicted octanol–water partition coefficient (Wildman–Crippen LogP) is 1.64. The van der Waals surface area contributed by atoms with Gasteiger partial charge in [-0.25, -0.2) is 0 Å². The second-order valence-corrected chi connectivity index (χ2v) is 4.80. The summed E-state index contributed by atoms with van der Waals surface area (Å²) in [6, 6.07) is -0.186. The summed E-state index contributed by atoms with van der Waals surface area (Å²) in [5, 5.41) is 5.08. The van der Waals surface area contributed by atoms with Crippen molar-refractivity contribution in [2.45, 2.75) is 53.0 Å². The van der Waals surface area contributed by atoms with Gasteiger partial charge in [-0.15, -0.1) is 0 Å². The molecule has 0 bridgehead atoms. The van der Waals surface area contributed by atoms with Crippen LogP contribution in [-0.2, 0) is 22.4 Å². The van der Waals surface area contributed by atoms with Crippen molar-refractivity contribution in [3.63, 3.8) is 0 Å². The van der Waals surface area contributed by atoms with Crippen LogP contribution < -0.4 is 11.3 Å². The van der Waals surface area contributed by atoms with Crippen molar-refractivity contribution in [2.75, 3.05) is 13.2 Å². The Bertz CT molecular complexity index is 405. The zero-order chi connectivity index (χ0) is 15.1. The molecular formula is C13H25ClN4O2. The van der Waals surface area contributed by atoms with Gasteiger partial charge in [-0.1, -0.05) is 11.6 Å². The fourth-order valence-electron chi connectivity index (χ4n) is 2.11. The van der Waals surface area contributed by atoms with Crippen molar-refractivity contribution in [1.29, 1.82) is 0 Å². The van der Waals surface area contributed by atoms with Crippen molar-refractivity contribution < 1.29 is 9.47 Å². The Kier molecular flexibility index (Phi) is 7.47. The Morgan fingerprint density at radius 2 is 1.90 bits per heavy atom. The fraction of sp³-hybridized carbons (Fsp3) is 0.769. The van der Waals surface area contributed by atoms with Gasteiger partial charge in [0.05, 0.1) is 22.5 Å². The van der Waals surface area contributed by atoms with Crippen LogP contribution in [0.1, 0.15) is 32.2 Å². The van der Waals surface area contributed by atoms with Crippen molar-refractivity contribution in [3.05, 3.63) is 16.4 Å². The number of hydrogen-bond donors (Lipinski definition) is 2. The Balaban J connectivity index is 2.91. The van der Waals surface area contributed by atoms with Crippen LogP contribution in [0.4, 0.5) is 0 Å². The van der Waals surface area contributed by atoms with Gasteiger partial charge in [0, 0.05) is 26.2 Å². The Morgan fingerprint density at radius 1 is 1.30 bits per heavy atom. The summed E-state index contributed by atoms with van der Waals surface area (Å²) in [6.45, 7) is 9.64. The molecule has 116 valence electrons. The normalized spacial score (nSPS) is 13.2. The van der Waals surface area contributed by atoms with Crippen LogP contribution in [0, 0.1) is 6.92 Å². The quantitative estimate of drug-likeness (QED) is 0.412. The largest absolute Gasteiger partial charge is 0.351 e. The van der Waals surface area contributed by atoms with Gasteiger partial charge in [0.15, 0.2) is 6.29 Å². The van der Waals surface area contributed by atoms with Gasteiger partial charge in [0.25, 0.3) is 0 Å². The second-order valence-electron chi connectivity index (χ2n) is 4.42. The molecule has 0 spiro atoms. The van der Waals surface area contributed by atoms with E-state index in [2.05, 4.69) is 10.5 Å². The molecule has 20 heavy (non-hydrogen) atoms. The molecule has 0 aliphatic rings. The molecule has 0 aliphatic carbocycles. The lowest BCUT2D eigenvalue weighted by Gasteiger charge is -2.26. The van der Waals surface area contributed by atoms with E-state index in [0.29, 0.717) is 24.7 Å². The monoisotopic (exact) mass is 304 g/mol. The molecule has 1 atom stereocenters. The zero-order valence-corrected chi connectivity index (χ0v) is 13.4. The molecule has 0 radical (unpaired) electrons. The van der Waals surface area contributed by atoms with Crippen molar-refractivity contribution in [1.82, 2.24) is 15.2 Å². The van der Waals surface area contributed by atoms with E-state index in [4.69, 9.17) is 26.9 Å². The highest BCUT2D eigenvalue weighted by molar-refractivity contribution is 6.31. The van der Waals surface area contributed by atoms with E-state index in [-0.39, 0.29) is 6.04 Å². The van der Waals surface area contributed by atoms with Gasteiger partial charge >= 0.3 is 0 Å². The van der Waals surface area contributed by atoms with Crippen LogP contribution in [0.2, 0.25) is 5.02 Å². The summed E-state index contributed by atoms with van der Waals surface area (Å²) in [6.07, 6.45) is 0.181. The number of hydrogen-bond acceptors (Lipinski definition) is 5. The first-order chi connectivity index (χ1) is 9.58. The molecule has 1 heterocycles. The lowest BCUT2D eigenvalue weighted by molar-refractivity contribution is -0.154. The Morgan fingerprint density at radius 3 is 2.35 bits per heavy atom. The SMILES string of the molecule is CCOC(OCC)C(Cc1c(Cl)c(C)nn1CC)NN. The number of ether oxygens (including phenoxy) is 2. The summed E-state index contributed by atoms with van der Waals surface area (Å²) in [7, 11) is 0. The highest BCUT2D eigenvalue weighted by atomic mass is 35.5. The highest BCUT2D eigenvalue weighted by Gasteiger charge is 2.25. The molecule has 6 nitrogen and oxygen atoms in total. The first-order valence-corrected chi connectivity index (χ1v) is 7.37. The minimum atomic E-state index is -0.411. The van der Waals surface area contributed by atoms with Gasteiger partial charge in [-0.3, -0.25) is 16.0 Å². The summed E-state index contributed by atoms with van der Waals surface area (Å²) in [5.74, 6) is 5.65. The molecular weight excluding hydrogens is 280 g/mol. The Hall–Kier alpha value is -0.660. The average Bonchev–Trinajstić information content (AvgIpc) is 2.71. The van der Waals surface area contributed by atoms with Crippen molar-refractivity contribution in [2.24, 2.45) is 5.84 Å². The van der Waals surface area contributed by atoms with Crippen LogP contribution in [0.25, 0.3) is 0 Å². The van der Waals surface area contributed by atoms with E-state index in [1.807, 2.05) is 32.4 Å². The number of rotatable bonds is 9. The molecule has 1 unspecified atom stereocenters. The predicted molar refractivity (Wildman–Crippen MR) is 79.5 cm³/mol. The number of nitrogens with one attached hydrogen (secondary N) is 1. The summed E-state index contributed by atoms with van der Waals surface area (Å²) in [4.78, 5) is 0. The lowest BCUT2D eigenvalue weighted by atomic mass is 10.1. The molecule has 1 rings (SSSR count). The van der Waals surface area contributed by atoms with Gasteiger partial charge in [0.2, 0.25) is 0 Å². The van der Waals surface area contributed by atoms with Crippen molar-refractivity contribution in [3.8, 4) is 0 Å². The zero-order valence-electron chi connectivity index (χ0n) is 12.6. The molecule has 0 saturated carbocycles. The van der Waals surface area contributed by atoms with E-state index < -0.39 is 6.29 Å². The molecule has 0 fully saturated rings. The molecule has 1 aromatic heterocycles. The first-order valence-electron chi connectivity index (χ1n) is 6.99. The molecule has 7 heteroatoms. The number of aryl methyl sites for hydroxylation is 2. The van der Waals surface area contributed by atoms with Crippen LogP contribution in [0.3, 0.4) is 0 Å². The Labute approximate surface area is 125 Å². The number of nitrogens with two attached hydrogens (primary N) is 1. The summed E-state index contributed by atoms with van der Waals surface area (Å²) in [5.41, 5.74) is 4.52.